The lowest BCUT2D eigenvalue weighted by Crippen LogP contribution is -2.14. The first-order valence-corrected chi connectivity index (χ1v) is 4.41. The van der Waals surface area contributed by atoms with Crippen LogP contribution in [0.15, 0.2) is 0 Å². The predicted molar refractivity (Wildman–Crippen MR) is 40.6 cm³/mol. The highest BCUT2D eigenvalue weighted by Crippen LogP contribution is 2.16. The van der Waals surface area contributed by atoms with Gasteiger partial charge in [-0.15, -0.1) is 0 Å². The highest BCUT2D eigenvalue weighted by Gasteiger charge is 2.21. The molecule has 2 fully saturated rings. The van der Waals surface area contributed by atoms with Crippen molar-refractivity contribution in [3.63, 3.8) is 0 Å². The lowest BCUT2D eigenvalue weighted by atomic mass is 10.3. The molecule has 0 aliphatic carbocycles. The average Bonchev–Trinajstić information content (AvgIpc) is 2.74. The minimum atomic E-state index is -0.0298. The summed E-state index contributed by atoms with van der Waals surface area (Å²) in [5.41, 5.74) is 0. The van der Waals surface area contributed by atoms with Crippen LogP contribution in [0.25, 0.3) is 0 Å². The van der Waals surface area contributed by atoms with Gasteiger partial charge in [-0.1, -0.05) is 0 Å². The maximum Gasteiger partial charge on any atom is 0.157 e. The van der Waals surface area contributed by atoms with Crippen LogP contribution in [-0.4, -0.2) is 39.0 Å². The molecule has 2 saturated heterocycles. The lowest BCUT2D eigenvalue weighted by molar-refractivity contribution is -0.0874. The third-order valence-corrected chi connectivity index (χ3v) is 2.02. The van der Waals surface area contributed by atoms with E-state index in [2.05, 4.69) is 0 Å². The number of ether oxygens (including phenoxy) is 4. The van der Waals surface area contributed by atoms with Crippen LogP contribution in [0.2, 0.25) is 0 Å². The van der Waals surface area contributed by atoms with Crippen molar-refractivity contribution in [1.29, 1.82) is 0 Å². The van der Waals surface area contributed by atoms with Gasteiger partial charge in [-0.25, -0.2) is 0 Å². The summed E-state index contributed by atoms with van der Waals surface area (Å²) < 4.78 is 21.1. The van der Waals surface area contributed by atoms with Gasteiger partial charge in [-0.3, -0.25) is 0 Å². The van der Waals surface area contributed by atoms with E-state index in [0.29, 0.717) is 0 Å². The SMILES string of the molecule is C1COC(CCC2OCCO2)O1. The Kier molecular flexibility index (Phi) is 2.94. The van der Waals surface area contributed by atoms with Gasteiger partial charge < -0.3 is 18.9 Å². The molecule has 2 aliphatic rings. The molecule has 70 valence electrons. The maximum absolute atomic E-state index is 5.28. The number of hydrogen-bond acceptors (Lipinski definition) is 4. The molecule has 2 rings (SSSR count). The summed E-state index contributed by atoms with van der Waals surface area (Å²) in [4.78, 5) is 0. The highest BCUT2D eigenvalue weighted by molar-refractivity contribution is 4.57. The van der Waals surface area contributed by atoms with Crippen molar-refractivity contribution in [3.05, 3.63) is 0 Å². The van der Waals surface area contributed by atoms with Gasteiger partial charge in [0.2, 0.25) is 0 Å². The molecule has 2 heterocycles. The third-order valence-electron chi connectivity index (χ3n) is 2.02. The summed E-state index contributed by atoms with van der Waals surface area (Å²) in [7, 11) is 0. The molecule has 12 heavy (non-hydrogen) atoms. The zero-order valence-corrected chi connectivity index (χ0v) is 7.03. The monoisotopic (exact) mass is 174 g/mol. The van der Waals surface area contributed by atoms with Gasteiger partial charge in [-0.05, 0) is 0 Å². The van der Waals surface area contributed by atoms with Crippen LogP contribution in [0, 0.1) is 0 Å². The summed E-state index contributed by atoms with van der Waals surface area (Å²) in [5, 5.41) is 0. The fraction of sp³-hybridized carbons (Fsp3) is 1.00. The van der Waals surface area contributed by atoms with Gasteiger partial charge in [0.15, 0.2) is 12.6 Å². The van der Waals surface area contributed by atoms with Gasteiger partial charge >= 0.3 is 0 Å². The van der Waals surface area contributed by atoms with Gasteiger partial charge in [0.25, 0.3) is 0 Å². The molecule has 4 heteroatoms. The van der Waals surface area contributed by atoms with Crippen molar-refractivity contribution < 1.29 is 18.9 Å². The van der Waals surface area contributed by atoms with Crippen LogP contribution in [0.3, 0.4) is 0 Å². The van der Waals surface area contributed by atoms with E-state index in [1.165, 1.54) is 0 Å². The number of rotatable bonds is 3. The Morgan fingerprint density at radius 2 is 1.00 bits per heavy atom. The van der Waals surface area contributed by atoms with Crippen molar-refractivity contribution >= 4 is 0 Å². The fourth-order valence-corrected chi connectivity index (χ4v) is 1.42. The summed E-state index contributed by atoms with van der Waals surface area (Å²) in [6, 6.07) is 0. The molecule has 0 spiro atoms. The van der Waals surface area contributed by atoms with Gasteiger partial charge in [0.05, 0.1) is 26.4 Å². The fourth-order valence-electron chi connectivity index (χ4n) is 1.42. The van der Waals surface area contributed by atoms with Crippen LogP contribution in [0.1, 0.15) is 12.8 Å². The Morgan fingerprint density at radius 3 is 1.33 bits per heavy atom. The highest BCUT2D eigenvalue weighted by atomic mass is 16.7. The van der Waals surface area contributed by atoms with Crippen molar-refractivity contribution in [3.8, 4) is 0 Å². The first-order valence-electron chi connectivity index (χ1n) is 4.41. The zero-order valence-electron chi connectivity index (χ0n) is 7.03. The third kappa shape index (κ3) is 2.17. The van der Waals surface area contributed by atoms with Crippen molar-refractivity contribution in [2.75, 3.05) is 26.4 Å². The minimum Gasteiger partial charge on any atom is -0.350 e. The Hall–Kier alpha value is -0.160. The lowest BCUT2D eigenvalue weighted by Gasteiger charge is -2.11. The van der Waals surface area contributed by atoms with E-state index in [-0.39, 0.29) is 12.6 Å². The molecule has 2 aliphatic heterocycles. The first kappa shape index (κ1) is 8.44. The van der Waals surface area contributed by atoms with E-state index in [1.807, 2.05) is 0 Å². The molecule has 0 amide bonds. The van der Waals surface area contributed by atoms with E-state index in [4.69, 9.17) is 18.9 Å². The van der Waals surface area contributed by atoms with E-state index in [9.17, 15) is 0 Å². The Balaban J connectivity index is 1.60. The molecule has 0 bridgehead atoms. The Bertz CT molecular complexity index is 111. The minimum absolute atomic E-state index is 0.0298. The predicted octanol–water partition coefficient (Wildman–Crippen LogP) is 0.512. The summed E-state index contributed by atoms with van der Waals surface area (Å²) >= 11 is 0. The first-order chi connectivity index (χ1) is 5.95. The van der Waals surface area contributed by atoms with E-state index >= 15 is 0 Å². The van der Waals surface area contributed by atoms with Crippen LogP contribution >= 0.6 is 0 Å². The topological polar surface area (TPSA) is 36.9 Å². The molecule has 0 saturated carbocycles. The number of hydrogen-bond donors (Lipinski definition) is 0. The normalized spacial score (nSPS) is 27.0. The molecular weight excluding hydrogens is 160 g/mol. The zero-order chi connectivity index (χ0) is 8.23. The summed E-state index contributed by atoms with van der Waals surface area (Å²) in [5.74, 6) is 0. The van der Waals surface area contributed by atoms with Gasteiger partial charge in [0, 0.05) is 12.8 Å². The van der Waals surface area contributed by atoms with Crippen LogP contribution in [0.4, 0.5) is 0 Å². The van der Waals surface area contributed by atoms with Crippen LogP contribution in [-0.2, 0) is 18.9 Å². The average molecular weight is 174 g/mol. The Morgan fingerprint density at radius 1 is 0.667 bits per heavy atom. The molecule has 0 aromatic heterocycles. The molecule has 0 unspecified atom stereocenters. The van der Waals surface area contributed by atoms with Crippen LogP contribution < -0.4 is 0 Å². The summed E-state index contributed by atoms with van der Waals surface area (Å²) in [6.07, 6.45) is 1.67. The molecule has 4 nitrogen and oxygen atoms in total. The standard InChI is InChI=1S/C8H14O4/c1(7-9-3-4-10-7)2-8-11-5-6-12-8/h7-8H,1-6H2. The van der Waals surface area contributed by atoms with Crippen molar-refractivity contribution in [2.45, 2.75) is 25.4 Å². The van der Waals surface area contributed by atoms with E-state index < -0.39 is 0 Å². The molecule has 0 atom stereocenters. The molecule has 0 aromatic carbocycles. The van der Waals surface area contributed by atoms with Crippen molar-refractivity contribution in [1.82, 2.24) is 0 Å². The second-order valence-corrected chi connectivity index (χ2v) is 2.92. The van der Waals surface area contributed by atoms with Crippen LogP contribution in [0.5, 0.6) is 0 Å². The molecule has 0 N–H and O–H groups in total. The molecule has 0 aromatic rings. The summed E-state index contributed by atoms with van der Waals surface area (Å²) in [6.45, 7) is 2.88. The quantitative estimate of drug-likeness (QED) is 0.624. The Labute approximate surface area is 71.7 Å². The molecular formula is C8H14O4. The second kappa shape index (κ2) is 4.18. The molecule has 0 radical (unpaired) electrons. The largest absolute Gasteiger partial charge is 0.350 e. The smallest absolute Gasteiger partial charge is 0.157 e. The van der Waals surface area contributed by atoms with E-state index in [1.54, 1.807) is 0 Å². The second-order valence-electron chi connectivity index (χ2n) is 2.92. The van der Waals surface area contributed by atoms with Gasteiger partial charge in [0.1, 0.15) is 0 Å². The van der Waals surface area contributed by atoms with E-state index in [0.717, 1.165) is 39.3 Å². The van der Waals surface area contributed by atoms with Gasteiger partial charge in [-0.2, -0.15) is 0 Å². The maximum atomic E-state index is 5.28. The van der Waals surface area contributed by atoms with Crippen molar-refractivity contribution in [2.24, 2.45) is 0 Å².